The Balaban J connectivity index is 0.775. The average molecular weight is 813 g/mol. The summed E-state index contributed by atoms with van der Waals surface area (Å²) in [5, 5.41) is 36.1. The highest BCUT2D eigenvalue weighted by molar-refractivity contribution is 6.05. The Morgan fingerprint density at radius 2 is 1.62 bits per heavy atom. The van der Waals surface area contributed by atoms with Gasteiger partial charge in [-0.3, -0.25) is 39.1 Å². The van der Waals surface area contributed by atoms with E-state index < -0.39 is 5.60 Å². The lowest BCUT2D eigenvalue weighted by atomic mass is 9.89. The lowest BCUT2D eigenvalue weighted by Gasteiger charge is -2.45. The predicted molar refractivity (Wildman–Crippen MR) is 225 cm³/mol. The third-order valence-corrected chi connectivity index (χ3v) is 13.4. The smallest absolute Gasteiger partial charge is 0.276 e. The molecule has 4 aliphatic rings. The maximum Gasteiger partial charge on any atom is 0.276 e. The molecule has 1 saturated carbocycles. The third-order valence-electron chi connectivity index (χ3n) is 13.4. The van der Waals surface area contributed by atoms with Crippen molar-refractivity contribution in [2.75, 3.05) is 49.5 Å². The van der Waals surface area contributed by atoms with E-state index in [4.69, 9.17) is 5.10 Å². The molecule has 3 aliphatic heterocycles. The van der Waals surface area contributed by atoms with Gasteiger partial charge in [-0.1, -0.05) is 0 Å². The first-order chi connectivity index (χ1) is 28.9. The van der Waals surface area contributed by atoms with Crippen LogP contribution in [0.1, 0.15) is 104 Å². The number of imide groups is 1. The van der Waals surface area contributed by atoms with E-state index >= 15 is 0 Å². The number of nitriles is 1. The van der Waals surface area contributed by atoms with Gasteiger partial charge in [0.25, 0.3) is 11.7 Å². The van der Waals surface area contributed by atoms with Crippen LogP contribution in [0.4, 0.5) is 11.5 Å². The summed E-state index contributed by atoms with van der Waals surface area (Å²) < 4.78 is 5.73. The monoisotopic (exact) mass is 812 g/mol. The van der Waals surface area contributed by atoms with Crippen molar-refractivity contribution in [2.24, 2.45) is 7.05 Å². The van der Waals surface area contributed by atoms with Gasteiger partial charge in [-0.25, -0.2) is 9.08 Å². The maximum absolute atomic E-state index is 13.5. The number of carbonyl (C=O) groups excluding carboxylic acids is 3. The molecule has 3 N–H and O–H groups in total. The SMILES string of the molecule is C[n+]1cc([C@H]2CCC(=O)NC2=O)ccc1N1CCC(N2CCN(C3CCC(n4cc5cc(NC(=O)c6ccc7cc(C#N)cnn67)c(C(C)(C)O)cc5n4)CC3)CC2)CC1. The van der Waals surface area contributed by atoms with E-state index in [0.29, 0.717) is 53.0 Å². The van der Waals surface area contributed by atoms with Gasteiger partial charge in [-0.05, 0) is 82.3 Å². The summed E-state index contributed by atoms with van der Waals surface area (Å²) in [5.74, 6) is 0.150. The van der Waals surface area contributed by atoms with E-state index in [9.17, 15) is 24.8 Å². The highest BCUT2D eigenvalue weighted by Gasteiger charge is 2.35. The molecule has 0 spiro atoms. The first kappa shape index (κ1) is 39.8. The molecule has 4 aromatic heterocycles. The van der Waals surface area contributed by atoms with Crippen LogP contribution < -0.4 is 20.1 Å². The first-order valence-electron chi connectivity index (χ1n) is 21.4. The van der Waals surface area contributed by atoms with Crippen molar-refractivity contribution in [1.29, 1.82) is 5.26 Å². The van der Waals surface area contributed by atoms with Gasteiger partial charge in [-0.2, -0.15) is 15.5 Å². The first-order valence-corrected chi connectivity index (χ1v) is 21.4. The fourth-order valence-corrected chi connectivity index (χ4v) is 10.1. The summed E-state index contributed by atoms with van der Waals surface area (Å²) in [6.07, 6.45) is 13.1. The topological polar surface area (TPSA) is 168 Å². The molecular weight excluding hydrogens is 759 g/mol. The van der Waals surface area contributed by atoms with Gasteiger partial charge in [0.1, 0.15) is 11.8 Å². The zero-order valence-corrected chi connectivity index (χ0v) is 34.7. The Bertz CT molecular complexity index is 2490. The van der Waals surface area contributed by atoms with Crippen LogP contribution in [0.25, 0.3) is 16.4 Å². The number of anilines is 2. The van der Waals surface area contributed by atoms with Gasteiger partial charge in [0.15, 0.2) is 0 Å². The molecule has 1 aromatic carbocycles. The fourth-order valence-electron chi connectivity index (χ4n) is 10.1. The van der Waals surface area contributed by atoms with Gasteiger partial charge in [-0.15, -0.1) is 0 Å². The van der Waals surface area contributed by atoms with Crippen LogP contribution in [0.2, 0.25) is 0 Å². The number of piperidine rings is 2. The molecule has 7 heterocycles. The molecule has 0 unspecified atom stereocenters. The molecule has 1 aliphatic carbocycles. The van der Waals surface area contributed by atoms with Crippen LogP contribution in [0, 0.1) is 11.3 Å². The number of aliphatic hydroxyl groups is 1. The number of carbonyl (C=O) groups is 3. The Labute approximate surface area is 349 Å². The van der Waals surface area contributed by atoms with Crippen molar-refractivity contribution in [2.45, 2.75) is 94.9 Å². The minimum atomic E-state index is -1.23. The second-order valence-corrected chi connectivity index (χ2v) is 17.7. The van der Waals surface area contributed by atoms with Crippen LogP contribution in [-0.2, 0) is 22.2 Å². The predicted octanol–water partition coefficient (Wildman–Crippen LogP) is 4.15. The Morgan fingerprint density at radius 3 is 2.28 bits per heavy atom. The molecule has 0 bridgehead atoms. The van der Waals surface area contributed by atoms with Crippen LogP contribution in [0.3, 0.4) is 0 Å². The summed E-state index contributed by atoms with van der Waals surface area (Å²) in [5.41, 5.74) is 3.00. The number of amides is 3. The van der Waals surface area contributed by atoms with Crippen LogP contribution in [0.5, 0.6) is 0 Å². The minimum Gasteiger partial charge on any atom is -0.386 e. The molecule has 3 amide bonds. The van der Waals surface area contributed by atoms with Crippen LogP contribution in [0.15, 0.2) is 61.1 Å². The number of hydrogen-bond donors (Lipinski definition) is 3. The van der Waals surface area contributed by atoms with Crippen LogP contribution in [-0.4, -0.2) is 103 Å². The number of piperazine rings is 1. The molecule has 15 nitrogen and oxygen atoms in total. The van der Waals surface area contributed by atoms with Gasteiger partial charge >= 0.3 is 0 Å². The molecule has 9 rings (SSSR count). The van der Waals surface area contributed by atoms with Crippen molar-refractivity contribution < 1.29 is 24.1 Å². The van der Waals surface area contributed by atoms with Crippen molar-refractivity contribution in [3.63, 3.8) is 0 Å². The number of pyridine rings is 1. The normalized spacial score (nSPS) is 22.6. The Morgan fingerprint density at radius 1 is 0.917 bits per heavy atom. The Kier molecular flexibility index (Phi) is 10.6. The molecule has 60 heavy (non-hydrogen) atoms. The van der Waals surface area contributed by atoms with E-state index in [1.807, 2.05) is 19.2 Å². The molecule has 15 heteroatoms. The van der Waals surface area contributed by atoms with Crippen molar-refractivity contribution in [3.8, 4) is 6.07 Å². The standard InChI is InChI=1S/C45H53N11O4/c1-45(2,60)37-24-38-31(23-39(37)48-44(59)40-11-9-35-22-29(25-46)26-47-56(35)40)28-55(50-38)34-7-5-32(6-8-34)52-18-20-53(21-19-52)33-14-16-54(17-15-33)42-13-4-30(27-51(42)3)36-10-12-41(57)49-43(36)58/h4,9,11,13,22-24,26-28,32-34,36,60H,5-8,10,12,14-21H2,1-3H3,(H-,48,49,57,58,59)/p+1/t32?,34?,36-/m1/s1. The van der Waals surface area contributed by atoms with E-state index in [1.165, 1.54) is 16.5 Å². The molecule has 312 valence electrons. The number of nitrogens with one attached hydrogen (secondary N) is 2. The lowest BCUT2D eigenvalue weighted by molar-refractivity contribution is -0.659. The Hall–Kier alpha value is -5.69. The van der Waals surface area contributed by atoms with Gasteiger partial charge in [0.2, 0.25) is 11.8 Å². The molecule has 1 atom stereocenters. The average Bonchev–Trinajstić information content (AvgIpc) is 3.87. The van der Waals surface area contributed by atoms with Crippen molar-refractivity contribution >= 4 is 45.6 Å². The zero-order chi connectivity index (χ0) is 41.7. The van der Waals surface area contributed by atoms with Crippen molar-refractivity contribution in [1.82, 2.24) is 34.5 Å². The van der Waals surface area contributed by atoms with Gasteiger partial charge in [0, 0.05) is 92.0 Å². The summed E-state index contributed by atoms with van der Waals surface area (Å²) >= 11 is 0. The second-order valence-electron chi connectivity index (χ2n) is 17.7. The summed E-state index contributed by atoms with van der Waals surface area (Å²) in [6.45, 7) is 9.83. The number of aryl methyl sites for hydroxylation is 1. The second kappa shape index (κ2) is 16.1. The maximum atomic E-state index is 13.5. The number of nitrogens with zero attached hydrogens (tertiary/aromatic N) is 9. The largest absolute Gasteiger partial charge is 0.386 e. The highest BCUT2D eigenvalue weighted by atomic mass is 16.3. The van der Waals surface area contributed by atoms with E-state index in [1.54, 1.807) is 32.0 Å². The zero-order valence-electron chi connectivity index (χ0n) is 34.7. The van der Waals surface area contributed by atoms with Crippen LogP contribution >= 0.6 is 0 Å². The fraction of sp³-hybridized carbons (Fsp3) is 0.489. The van der Waals surface area contributed by atoms with E-state index in [0.717, 1.165) is 94.3 Å². The number of benzene rings is 1. The molecule has 0 radical (unpaired) electrons. The minimum absolute atomic E-state index is 0.184. The summed E-state index contributed by atoms with van der Waals surface area (Å²) in [4.78, 5) is 45.5. The quantitative estimate of drug-likeness (QED) is 0.153. The van der Waals surface area contributed by atoms with Gasteiger partial charge < -0.3 is 10.4 Å². The molecular formula is C45H54N11O4+. The molecule has 3 saturated heterocycles. The number of rotatable bonds is 8. The lowest BCUT2D eigenvalue weighted by Crippen LogP contribution is -2.56. The van der Waals surface area contributed by atoms with Crippen molar-refractivity contribution in [3.05, 3.63) is 83.4 Å². The third kappa shape index (κ3) is 7.87. The van der Waals surface area contributed by atoms with E-state index in [-0.39, 0.29) is 29.7 Å². The molecule has 5 aromatic rings. The number of fused-ring (bicyclic) bond motifs is 2. The number of hydrogen-bond acceptors (Lipinski definition) is 10. The summed E-state index contributed by atoms with van der Waals surface area (Å²) in [6, 6.07) is 16.6. The highest BCUT2D eigenvalue weighted by Crippen LogP contribution is 2.36. The number of aromatic nitrogens is 5. The molecule has 4 fully saturated rings. The summed E-state index contributed by atoms with van der Waals surface area (Å²) in [7, 11) is 2.05. The van der Waals surface area contributed by atoms with E-state index in [2.05, 4.69) is 70.3 Å². The van der Waals surface area contributed by atoms with Gasteiger partial charge in [0.05, 0.1) is 66.7 Å².